The van der Waals surface area contributed by atoms with Gasteiger partial charge in [0.25, 0.3) is 0 Å². The SMILES string of the molecule is FC(F)(F)Oc1ccc(-n2cc(N3CCNCC3)c3ccc(CN4CCC(Cc5ccccc5Cl)CC4)cc32)cc1. The van der Waals surface area contributed by atoms with Crippen LogP contribution in [0.3, 0.4) is 0 Å². The zero-order valence-electron chi connectivity index (χ0n) is 22.8. The van der Waals surface area contributed by atoms with Crippen molar-refractivity contribution in [2.24, 2.45) is 5.92 Å². The highest BCUT2D eigenvalue weighted by molar-refractivity contribution is 6.31. The second kappa shape index (κ2) is 12.0. The molecule has 216 valence electrons. The fourth-order valence-corrected chi connectivity index (χ4v) is 6.33. The minimum absolute atomic E-state index is 0.223. The summed E-state index contributed by atoms with van der Waals surface area (Å²) in [6.07, 6.45) is 0.704. The summed E-state index contributed by atoms with van der Waals surface area (Å²) in [6.45, 7) is 6.59. The molecular formula is C32H34ClF3N4O. The number of rotatable bonds is 7. The number of alkyl halides is 3. The fraction of sp³-hybridized carbons (Fsp3) is 0.375. The minimum atomic E-state index is -4.71. The third kappa shape index (κ3) is 6.66. The summed E-state index contributed by atoms with van der Waals surface area (Å²) in [4.78, 5) is 4.89. The molecule has 2 saturated heterocycles. The van der Waals surface area contributed by atoms with E-state index in [1.807, 2.05) is 12.1 Å². The van der Waals surface area contributed by atoms with Gasteiger partial charge in [-0.3, -0.25) is 4.90 Å². The smallest absolute Gasteiger partial charge is 0.406 e. The van der Waals surface area contributed by atoms with Crippen LogP contribution in [0.5, 0.6) is 5.75 Å². The molecule has 6 rings (SSSR count). The van der Waals surface area contributed by atoms with E-state index in [1.54, 1.807) is 12.1 Å². The van der Waals surface area contributed by atoms with Crippen LogP contribution in [0.25, 0.3) is 16.6 Å². The molecule has 1 aromatic heterocycles. The van der Waals surface area contributed by atoms with Gasteiger partial charge in [-0.25, -0.2) is 0 Å². The molecule has 0 saturated carbocycles. The Balaban J connectivity index is 1.22. The van der Waals surface area contributed by atoms with Gasteiger partial charge in [-0.15, -0.1) is 13.2 Å². The van der Waals surface area contributed by atoms with Gasteiger partial charge in [-0.2, -0.15) is 0 Å². The van der Waals surface area contributed by atoms with Crippen LogP contribution in [0.1, 0.15) is 24.0 Å². The Bertz CT molecular complexity index is 1470. The molecule has 41 heavy (non-hydrogen) atoms. The van der Waals surface area contributed by atoms with Gasteiger partial charge in [0.2, 0.25) is 0 Å². The molecule has 5 nitrogen and oxygen atoms in total. The number of hydrogen-bond donors (Lipinski definition) is 1. The highest BCUT2D eigenvalue weighted by Crippen LogP contribution is 2.34. The van der Waals surface area contributed by atoms with Crippen LogP contribution in [0, 0.1) is 5.92 Å². The van der Waals surface area contributed by atoms with Crippen LogP contribution in [0.4, 0.5) is 18.9 Å². The summed E-state index contributed by atoms with van der Waals surface area (Å²) in [5.41, 5.74) is 5.45. The van der Waals surface area contributed by atoms with Gasteiger partial charge in [-0.1, -0.05) is 41.9 Å². The third-order valence-electron chi connectivity index (χ3n) is 8.23. The normalized spacial score (nSPS) is 17.3. The van der Waals surface area contributed by atoms with E-state index in [-0.39, 0.29) is 5.75 Å². The molecule has 0 amide bonds. The quantitative estimate of drug-likeness (QED) is 0.253. The molecule has 3 aromatic carbocycles. The van der Waals surface area contributed by atoms with Crippen LogP contribution >= 0.6 is 11.6 Å². The molecule has 4 aromatic rings. The number of nitrogens with one attached hydrogen (secondary N) is 1. The Kier molecular flexibility index (Phi) is 8.15. The van der Waals surface area contributed by atoms with Gasteiger partial charge in [-0.05, 0) is 85.8 Å². The maximum Gasteiger partial charge on any atom is 0.573 e. The molecule has 0 bridgehead atoms. The van der Waals surface area contributed by atoms with E-state index in [4.69, 9.17) is 11.6 Å². The third-order valence-corrected chi connectivity index (χ3v) is 8.60. The van der Waals surface area contributed by atoms with E-state index in [9.17, 15) is 13.2 Å². The summed E-state index contributed by atoms with van der Waals surface area (Å²) >= 11 is 6.40. The van der Waals surface area contributed by atoms with Crippen molar-refractivity contribution in [3.8, 4) is 11.4 Å². The molecule has 2 aliphatic rings. The van der Waals surface area contributed by atoms with Gasteiger partial charge in [0.15, 0.2) is 0 Å². The number of likely N-dealkylation sites (tertiary alicyclic amines) is 1. The van der Waals surface area contributed by atoms with Crippen molar-refractivity contribution in [3.63, 3.8) is 0 Å². The number of piperazine rings is 1. The topological polar surface area (TPSA) is 32.7 Å². The van der Waals surface area contributed by atoms with E-state index >= 15 is 0 Å². The van der Waals surface area contributed by atoms with Crippen molar-refractivity contribution in [1.82, 2.24) is 14.8 Å². The lowest BCUT2D eigenvalue weighted by atomic mass is 9.90. The highest BCUT2D eigenvalue weighted by Gasteiger charge is 2.31. The number of fused-ring (bicyclic) bond motifs is 1. The van der Waals surface area contributed by atoms with E-state index < -0.39 is 6.36 Å². The van der Waals surface area contributed by atoms with Crippen LogP contribution in [-0.2, 0) is 13.0 Å². The maximum atomic E-state index is 12.7. The molecule has 0 spiro atoms. The number of halogens is 4. The monoisotopic (exact) mass is 582 g/mol. The predicted molar refractivity (Wildman–Crippen MR) is 158 cm³/mol. The summed E-state index contributed by atoms with van der Waals surface area (Å²) in [5.74, 6) is 0.412. The second-order valence-electron chi connectivity index (χ2n) is 11.0. The van der Waals surface area contributed by atoms with Crippen molar-refractivity contribution in [2.75, 3.05) is 44.2 Å². The predicted octanol–water partition coefficient (Wildman–Crippen LogP) is 7.05. The van der Waals surface area contributed by atoms with Gasteiger partial charge >= 0.3 is 6.36 Å². The zero-order valence-corrected chi connectivity index (χ0v) is 23.6. The van der Waals surface area contributed by atoms with Crippen molar-refractivity contribution in [3.05, 3.63) is 89.1 Å². The number of aromatic nitrogens is 1. The average Bonchev–Trinajstić information content (AvgIpc) is 3.34. The number of anilines is 1. The van der Waals surface area contributed by atoms with Crippen LogP contribution in [0.15, 0.2) is 72.9 Å². The number of nitrogens with zero attached hydrogens (tertiary/aromatic N) is 3. The summed E-state index contributed by atoms with van der Waals surface area (Å²) in [6, 6.07) is 20.9. The van der Waals surface area contributed by atoms with Crippen LogP contribution in [0.2, 0.25) is 5.02 Å². The fourth-order valence-electron chi connectivity index (χ4n) is 6.11. The Hall–Kier alpha value is -3.20. The average molecular weight is 583 g/mol. The molecular weight excluding hydrogens is 549 g/mol. The molecule has 9 heteroatoms. The van der Waals surface area contributed by atoms with Crippen molar-refractivity contribution < 1.29 is 17.9 Å². The molecule has 1 N–H and O–H groups in total. The number of ether oxygens (including phenoxy) is 1. The van der Waals surface area contributed by atoms with Gasteiger partial charge < -0.3 is 19.5 Å². The first-order valence-electron chi connectivity index (χ1n) is 14.2. The summed E-state index contributed by atoms with van der Waals surface area (Å²) in [7, 11) is 0. The van der Waals surface area contributed by atoms with Gasteiger partial charge in [0, 0.05) is 55.0 Å². The first-order chi connectivity index (χ1) is 19.8. The first-order valence-corrected chi connectivity index (χ1v) is 14.6. The Morgan fingerprint density at radius 2 is 1.63 bits per heavy atom. The number of hydrogen-bond acceptors (Lipinski definition) is 4. The lowest BCUT2D eigenvalue weighted by Crippen LogP contribution is -2.43. The largest absolute Gasteiger partial charge is 0.573 e. The Morgan fingerprint density at radius 1 is 0.902 bits per heavy atom. The second-order valence-corrected chi connectivity index (χ2v) is 11.4. The van der Waals surface area contributed by atoms with Crippen LogP contribution < -0.4 is 15.0 Å². The lowest BCUT2D eigenvalue weighted by Gasteiger charge is -2.32. The van der Waals surface area contributed by atoms with Crippen LogP contribution in [-0.4, -0.2) is 55.1 Å². The van der Waals surface area contributed by atoms with E-state index in [0.29, 0.717) is 5.92 Å². The molecule has 0 unspecified atom stereocenters. The van der Waals surface area contributed by atoms with Crippen molar-refractivity contribution in [1.29, 1.82) is 0 Å². The van der Waals surface area contributed by atoms with Crippen molar-refractivity contribution >= 4 is 28.2 Å². The van der Waals surface area contributed by atoms with E-state index in [2.05, 4.69) is 60.9 Å². The Labute approximate surface area is 243 Å². The highest BCUT2D eigenvalue weighted by atomic mass is 35.5. The standard InChI is InChI=1S/C32H34ClF3N4O/c33-29-4-2-1-3-25(29)19-23-11-15-38(16-12-23)21-24-5-10-28-30(20-24)40(22-31(28)39-17-13-37-14-18-39)26-6-8-27(9-7-26)41-32(34,35)36/h1-10,20,22-23,37H,11-19,21H2. The first kappa shape index (κ1) is 27.9. The van der Waals surface area contributed by atoms with E-state index in [1.165, 1.54) is 23.3 Å². The lowest BCUT2D eigenvalue weighted by molar-refractivity contribution is -0.274. The Morgan fingerprint density at radius 3 is 2.34 bits per heavy atom. The minimum Gasteiger partial charge on any atom is -0.406 e. The number of piperidine rings is 1. The molecule has 0 aliphatic carbocycles. The van der Waals surface area contributed by atoms with Gasteiger partial charge in [0.05, 0.1) is 11.2 Å². The molecule has 0 atom stereocenters. The maximum absolute atomic E-state index is 12.7. The molecule has 2 aliphatic heterocycles. The molecule has 0 radical (unpaired) electrons. The summed E-state index contributed by atoms with van der Waals surface area (Å²) < 4.78 is 44.3. The molecule has 3 heterocycles. The van der Waals surface area contributed by atoms with Gasteiger partial charge in [0.1, 0.15) is 5.75 Å². The molecule has 2 fully saturated rings. The van der Waals surface area contributed by atoms with Crippen molar-refractivity contribution in [2.45, 2.75) is 32.2 Å². The van der Waals surface area contributed by atoms with E-state index in [0.717, 1.165) is 92.4 Å². The number of benzene rings is 3. The zero-order chi connectivity index (χ0) is 28.4. The summed E-state index contributed by atoms with van der Waals surface area (Å²) in [5, 5.41) is 5.40.